The van der Waals surface area contributed by atoms with Crippen molar-refractivity contribution in [2.24, 2.45) is 0 Å². The molecule has 0 radical (unpaired) electrons. The second-order valence-corrected chi connectivity index (χ2v) is 9.33. The summed E-state index contributed by atoms with van der Waals surface area (Å²) in [5.41, 5.74) is 8.38. The molecule has 0 fully saturated rings. The third kappa shape index (κ3) is 4.28. The molecule has 0 amide bonds. The smallest absolute Gasteiger partial charge is 0.237 e. The zero-order chi connectivity index (χ0) is 24.9. The van der Waals surface area contributed by atoms with Gasteiger partial charge in [0.25, 0.3) is 0 Å². The first-order valence-electron chi connectivity index (χ1n) is 10.9. The number of nitrogens with one attached hydrogen (secondary N) is 2. The van der Waals surface area contributed by atoms with E-state index in [-0.39, 0.29) is 23.7 Å². The summed E-state index contributed by atoms with van der Waals surface area (Å²) in [7, 11) is 0. The number of hydrogen-bond donors (Lipinski definition) is 4. The molecule has 1 aliphatic heterocycles. The lowest BCUT2D eigenvalue weighted by atomic mass is 9.98. The molecule has 182 valence electrons. The number of nitrogens with zero attached hydrogens (tertiary/aromatic N) is 5. The molecule has 10 nitrogen and oxygen atoms in total. The first-order chi connectivity index (χ1) is 16.6. The van der Waals surface area contributed by atoms with Crippen molar-refractivity contribution in [1.82, 2.24) is 24.7 Å². The van der Waals surface area contributed by atoms with Gasteiger partial charge in [0.2, 0.25) is 11.8 Å². The number of nitrogen functional groups attached to an aromatic ring is 1. The lowest BCUT2D eigenvalue weighted by Crippen LogP contribution is -2.26. The molecular weight excluding hydrogens is 475 g/mol. The second kappa shape index (κ2) is 8.51. The van der Waals surface area contributed by atoms with Gasteiger partial charge in [0.1, 0.15) is 12.3 Å². The first-order valence-corrected chi connectivity index (χ1v) is 11.3. The quantitative estimate of drug-likeness (QED) is 0.302. The van der Waals surface area contributed by atoms with Crippen LogP contribution in [0.1, 0.15) is 19.4 Å². The number of anilines is 4. The van der Waals surface area contributed by atoms with E-state index in [9.17, 15) is 5.11 Å². The average Bonchev–Trinajstić information content (AvgIpc) is 3.14. The van der Waals surface area contributed by atoms with E-state index in [1.165, 1.54) is 17.1 Å². The number of fused-ring (bicyclic) bond motifs is 2. The Hall–Kier alpha value is -3.70. The van der Waals surface area contributed by atoms with Crippen molar-refractivity contribution in [3.05, 3.63) is 41.2 Å². The maximum Gasteiger partial charge on any atom is 0.237 e. The Kier molecular flexibility index (Phi) is 5.60. The van der Waals surface area contributed by atoms with Crippen molar-refractivity contribution in [2.75, 3.05) is 29.5 Å². The van der Waals surface area contributed by atoms with Gasteiger partial charge < -0.3 is 26.2 Å². The molecule has 5 N–H and O–H groups in total. The zero-order valence-electron chi connectivity index (χ0n) is 19.4. The van der Waals surface area contributed by atoms with E-state index in [4.69, 9.17) is 22.1 Å². The van der Waals surface area contributed by atoms with Crippen LogP contribution < -0.4 is 21.1 Å². The summed E-state index contributed by atoms with van der Waals surface area (Å²) >= 11 is 6.40. The third-order valence-electron chi connectivity index (χ3n) is 5.66. The SMILES string of the molecule is Cc1c(-c2cc3nc(Nc4cnn(CC(C)(C)O)c4Cl)ncc3c(N)c2F)cnc2c1NCCO2. The van der Waals surface area contributed by atoms with Crippen LogP contribution in [0.2, 0.25) is 5.15 Å². The summed E-state index contributed by atoms with van der Waals surface area (Å²) in [6, 6.07) is 1.62. The fraction of sp³-hybridized carbons (Fsp3) is 0.304. The van der Waals surface area contributed by atoms with Crippen LogP contribution in [0.25, 0.3) is 22.0 Å². The standard InChI is InChI=1S/C23H24ClFN8O2/c1-11-13(7-28-21-19(11)27-4-5-35-21)12-6-15-14(18(26)17(12)25)8-29-22(31-15)32-16-9-30-33(20(16)24)10-23(2,3)34/h6-9,27,34H,4-5,10,26H2,1-3H3,(H,29,31,32). The first kappa shape index (κ1) is 23.1. The van der Waals surface area contributed by atoms with E-state index >= 15 is 4.39 Å². The Morgan fingerprint density at radius 2 is 2.09 bits per heavy atom. The minimum atomic E-state index is -0.990. The van der Waals surface area contributed by atoms with Crippen molar-refractivity contribution in [1.29, 1.82) is 0 Å². The molecule has 4 aromatic rings. The van der Waals surface area contributed by atoms with E-state index in [1.54, 1.807) is 26.1 Å². The topological polar surface area (TPSA) is 136 Å². The molecule has 4 heterocycles. The van der Waals surface area contributed by atoms with Crippen LogP contribution in [0.3, 0.4) is 0 Å². The summed E-state index contributed by atoms with van der Waals surface area (Å²) < 4.78 is 22.4. The van der Waals surface area contributed by atoms with Gasteiger partial charge in [-0.2, -0.15) is 5.10 Å². The molecule has 35 heavy (non-hydrogen) atoms. The summed E-state index contributed by atoms with van der Waals surface area (Å²) in [4.78, 5) is 13.1. The van der Waals surface area contributed by atoms with Crippen molar-refractivity contribution in [3.8, 4) is 17.0 Å². The molecule has 0 spiro atoms. The number of ether oxygens (including phenoxy) is 1. The van der Waals surface area contributed by atoms with Gasteiger partial charge in [-0.3, -0.25) is 0 Å². The molecule has 1 aliphatic rings. The summed E-state index contributed by atoms with van der Waals surface area (Å²) in [5, 5.41) is 21.2. The molecule has 0 unspecified atom stereocenters. The molecule has 0 saturated heterocycles. The van der Waals surface area contributed by atoms with Gasteiger partial charge in [-0.15, -0.1) is 0 Å². The number of hydrogen-bond acceptors (Lipinski definition) is 9. The average molecular weight is 499 g/mol. The number of nitrogens with two attached hydrogens (primary N) is 1. The molecule has 0 bridgehead atoms. The van der Waals surface area contributed by atoms with E-state index in [1.807, 2.05) is 6.92 Å². The number of aliphatic hydroxyl groups is 1. The highest BCUT2D eigenvalue weighted by atomic mass is 35.5. The zero-order valence-corrected chi connectivity index (χ0v) is 20.1. The maximum atomic E-state index is 15.3. The maximum absolute atomic E-state index is 15.3. The van der Waals surface area contributed by atoms with E-state index in [0.717, 1.165) is 11.3 Å². The summed E-state index contributed by atoms with van der Waals surface area (Å²) in [5.74, 6) is 0.149. The van der Waals surface area contributed by atoms with E-state index < -0.39 is 11.4 Å². The highest BCUT2D eigenvalue weighted by Crippen LogP contribution is 2.39. The van der Waals surface area contributed by atoms with Gasteiger partial charge in [0.05, 0.1) is 35.2 Å². The normalized spacial score (nSPS) is 13.3. The van der Waals surface area contributed by atoms with Gasteiger partial charge in [0, 0.05) is 35.5 Å². The van der Waals surface area contributed by atoms with Crippen LogP contribution in [0.15, 0.2) is 24.7 Å². The largest absolute Gasteiger partial charge is 0.474 e. The fourth-order valence-corrected chi connectivity index (χ4v) is 4.18. The van der Waals surface area contributed by atoms with Crippen molar-refractivity contribution < 1.29 is 14.2 Å². The highest BCUT2D eigenvalue weighted by molar-refractivity contribution is 6.32. The number of halogens is 2. The Bertz CT molecular complexity index is 1450. The summed E-state index contributed by atoms with van der Waals surface area (Å²) in [6.07, 6.45) is 4.54. The van der Waals surface area contributed by atoms with Gasteiger partial charge in [0.15, 0.2) is 11.0 Å². The lowest BCUT2D eigenvalue weighted by Gasteiger charge is -2.22. The van der Waals surface area contributed by atoms with Crippen molar-refractivity contribution >= 4 is 45.5 Å². The minimum Gasteiger partial charge on any atom is -0.474 e. The van der Waals surface area contributed by atoms with E-state index in [0.29, 0.717) is 46.3 Å². The number of pyridine rings is 1. The van der Waals surface area contributed by atoms with Crippen LogP contribution in [-0.2, 0) is 6.54 Å². The molecule has 0 atom stereocenters. The third-order valence-corrected chi connectivity index (χ3v) is 6.06. The molecule has 12 heteroatoms. The van der Waals surface area contributed by atoms with Crippen LogP contribution >= 0.6 is 11.6 Å². The molecule has 1 aromatic carbocycles. The van der Waals surface area contributed by atoms with Crippen LogP contribution in [0.5, 0.6) is 5.88 Å². The molecule has 3 aromatic heterocycles. The van der Waals surface area contributed by atoms with Crippen LogP contribution in [0, 0.1) is 12.7 Å². The number of aromatic nitrogens is 5. The molecule has 0 saturated carbocycles. The Balaban J connectivity index is 1.54. The van der Waals surface area contributed by atoms with Crippen molar-refractivity contribution in [3.63, 3.8) is 0 Å². The predicted molar refractivity (Wildman–Crippen MR) is 133 cm³/mol. The monoisotopic (exact) mass is 498 g/mol. The van der Waals surface area contributed by atoms with E-state index in [2.05, 4.69) is 30.7 Å². The molecule has 5 rings (SSSR count). The molecular formula is C23H24ClFN8O2. The number of rotatable bonds is 5. The van der Waals surface area contributed by atoms with Gasteiger partial charge in [-0.05, 0) is 32.4 Å². The minimum absolute atomic E-state index is 0.0543. The Morgan fingerprint density at radius 3 is 2.86 bits per heavy atom. The van der Waals surface area contributed by atoms with Crippen LogP contribution in [0.4, 0.5) is 27.4 Å². The lowest BCUT2D eigenvalue weighted by molar-refractivity contribution is 0.0578. The Morgan fingerprint density at radius 1 is 1.29 bits per heavy atom. The van der Waals surface area contributed by atoms with Gasteiger partial charge >= 0.3 is 0 Å². The van der Waals surface area contributed by atoms with Gasteiger partial charge in [-0.1, -0.05) is 11.6 Å². The second-order valence-electron chi connectivity index (χ2n) is 8.97. The Labute approximate surface area is 205 Å². The number of benzene rings is 1. The fourth-order valence-electron chi connectivity index (χ4n) is 3.98. The predicted octanol–water partition coefficient (Wildman–Crippen LogP) is 3.89. The molecule has 0 aliphatic carbocycles. The van der Waals surface area contributed by atoms with Gasteiger partial charge in [-0.25, -0.2) is 24.0 Å². The van der Waals surface area contributed by atoms with Crippen LogP contribution in [-0.4, -0.2) is 48.6 Å². The van der Waals surface area contributed by atoms with Crippen molar-refractivity contribution in [2.45, 2.75) is 32.9 Å². The summed E-state index contributed by atoms with van der Waals surface area (Å²) in [6.45, 7) is 6.56. The highest BCUT2D eigenvalue weighted by Gasteiger charge is 2.22.